The van der Waals surface area contributed by atoms with E-state index in [4.69, 9.17) is 4.74 Å². The summed E-state index contributed by atoms with van der Waals surface area (Å²) in [5.41, 5.74) is -0.390. The van der Waals surface area contributed by atoms with E-state index in [9.17, 15) is 5.11 Å². The van der Waals surface area contributed by atoms with Crippen LogP contribution in [0.25, 0.3) is 0 Å². The lowest BCUT2D eigenvalue weighted by molar-refractivity contribution is 0.00732. The highest BCUT2D eigenvalue weighted by molar-refractivity contribution is 7.09. The van der Waals surface area contributed by atoms with Crippen molar-refractivity contribution in [2.24, 2.45) is 0 Å². The molecule has 0 spiro atoms. The van der Waals surface area contributed by atoms with E-state index in [1.807, 2.05) is 25.3 Å². The molecule has 2 atom stereocenters. The van der Waals surface area contributed by atoms with Crippen molar-refractivity contribution in [3.8, 4) is 0 Å². The van der Waals surface area contributed by atoms with Crippen LogP contribution in [0.4, 0.5) is 0 Å². The number of hydrogen-bond acceptors (Lipinski definition) is 4. The third-order valence-corrected chi connectivity index (χ3v) is 3.70. The standard InChI is InChI=1S/C11H19NO2S/c1-9(14-3)11(2,8-13)12-7-10-5-4-6-15-10/h4-6,9,12-13H,7-8H2,1-3H3. The summed E-state index contributed by atoms with van der Waals surface area (Å²) in [5, 5.41) is 14.8. The monoisotopic (exact) mass is 229 g/mol. The molecule has 0 aromatic carbocycles. The van der Waals surface area contributed by atoms with Gasteiger partial charge in [0.05, 0.1) is 18.2 Å². The molecule has 2 unspecified atom stereocenters. The largest absolute Gasteiger partial charge is 0.394 e. The van der Waals surface area contributed by atoms with E-state index in [0.29, 0.717) is 0 Å². The number of rotatable bonds is 6. The molecule has 3 nitrogen and oxygen atoms in total. The van der Waals surface area contributed by atoms with Gasteiger partial charge in [-0.1, -0.05) is 6.07 Å². The van der Waals surface area contributed by atoms with Crippen molar-refractivity contribution < 1.29 is 9.84 Å². The number of hydrogen-bond donors (Lipinski definition) is 2. The summed E-state index contributed by atoms with van der Waals surface area (Å²) in [6.45, 7) is 4.75. The molecule has 4 heteroatoms. The van der Waals surface area contributed by atoms with Gasteiger partial charge in [0, 0.05) is 18.5 Å². The van der Waals surface area contributed by atoms with Gasteiger partial charge in [0.25, 0.3) is 0 Å². The predicted molar refractivity (Wildman–Crippen MR) is 63.1 cm³/mol. The summed E-state index contributed by atoms with van der Waals surface area (Å²) in [5.74, 6) is 0. The number of aliphatic hydroxyl groups is 1. The molecule has 0 aliphatic rings. The number of nitrogens with one attached hydrogen (secondary N) is 1. The Kier molecular flexibility index (Phi) is 4.73. The molecule has 1 aromatic rings. The lowest BCUT2D eigenvalue weighted by atomic mass is 9.97. The average molecular weight is 229 g/mol. The van der Waals surface area contributed by atoms with Crippen molar-refractivity contribution in [1.29, 1.82) is 0 Å². The van der Waals surface area contributed by atoms with Crippen molar-refractivity contribution in [1.82, 2.24) is 5.32 Å². The zero-order chi connectivity index (χ0) is 11.3. The van der Waals surface area contributed by atoms with Crippen molar-refractivity contribution in [3.63, 3.8) is 0 Å². The molecule has 2 N–H and O–H groups in total. The molecule has 0 radical (unpaired) electrons. The first-order valence-electron chi connectivity index (χ1n) is 5.03. The zero-order valence-corrected chi connectivity index (χ0v) is 10.3. The Morgan fingerprint density at radius 2 is 2.40 bits per heavy atom. The lowest BCUT2D eigenvalue weighted by Gasteiger charge is -2.33. The number of thiophene rings is 1. The molecule has 0 aliphatic carbocycles. The zero-order valence-electron chi connectivity index (χ0n) is 9.49. The molecule has 0 aliphatic heterocycles. The van der Waals surface area contributed by atoms with Crippen molar-refractivity contribution in [3.05, 3.63) is 22.4 Å². The third-order valence-electron chi connectivity index (χ3n) is 2.83. The summed E-state index contributed by atoms with van der Waals surface area (Å²) >= 11 is 1.71. The first kappa shape index (κ1) is 12.6. The average Bonchev–Trinajstić information content (AvgIpc) is 2.77. The number of ether oxygens (including phenoxy) is 1. The van der Waals surface area contributed by atoms with Crippen LogP contribution < -0.4 is 5.32 Å². The fourth-order valence-corrected chi connectivity index (χ4v) is 1.94. The van der Waals surface area contributed by atoms with Crippen molar-refractivity contribution >= 4 is 11.3 Å². The molecule has 1 aromatic heterocycles. The quantitative estimate of drug-likeness (QED) is 0.779. The maximum absolute atomic E-state index is 9.38. The van der Waals surface area contributed by atoms with E-state index in [2.05, 4.69) is 11.4 Å². The SMILES string of the molecule is COC(C)C(C)(CO)NCc1cccs1. The highest BCUT2D eigenvalue weighted by Gasteiger charge is 2.29. The lowest BCUT2D eigenvalue weighted by Crippen LogP contribution is -2.54. The van der Waals surface area contributed by atoms with Gasteiger partial charge in [-0.3, -0.25) is 0 Å². The molecular formula is C11H19NO2S. The second-order valence-electron chi connectivity index (χ2n) is 3.89. The highest BCUT2D eigenvalue weighted by Crippen LogP contribution is 2.15. The first-order chi connectivity index (χ1) is 7.12. The minimum absolute atomic E-state index is 0.0255. The Hall–Kier alpha value is -0.420. The molecular weight excluding hydrogens is 210 g/mol. The minimum Gasteiger partial charge on any atom is -0.394 e. The van der Waals surface area contributed by atoms with Crippen LogP contribution in [0.1, 0.15) is 18.7 Å². The van der Waals surface area contributed by atoms with Crippen molar-refractivity contribution in [2.45, 2.75) is 32.0 Å². The van der Waals surface area contributed by atoms with Gasteiger partial charge >= 0.3 is 0 Å². The molecule has 1 heterocycles. The van der Waals surface area contributed by atoms with Gasteiger partial charge in [-0.15, -0.1) is 11.3 Å². The maximum atomic E-state index is 9.38. The Bertz CT molecular complexity index is 276. The first-order valence-corrected chi connectivity index (χ1v) is 5.91. The molecule has 86 valence electrons. The number of methoxy groups -OCH3 is 1. The smallest absolute Gasteiger partial charge is 0.0744 e. The highest BCUT2D eigenvalue weighted by atomic mass is 32.1. The van der Waals surface area contributed by atoms with Crippen molar-refractivity contribution in [2.75, 3.05) is 13.7 Å². The van der Waals surface area contributed by atoms with Crippen LogP contribution in [0.5, 0.6) is 0 Å². The van der Waals surface area contributed by atoms with Gasteiger partial charge in [0.1, 0.15) is 0 Å². The van der Waals surface area contributed by atoms with Crippen LogP contribution >= 0.6 is 11.3 Å². The van der Waals surface area contributed by atoms with E-state index < -0.39 is 5.54 Å². The van der Waals surface area contributed by atoms with Gasteiger partial charge in [-0.2, -0.15) is 0 Å². The Labute approximate surface area is 95.1 Å². The van der Waals surface area contributed by atoms with E-state index >= 15 is 0 Å². The van der Waals surface area contributed by atoms with Gasteiger partial charge < -0.3 is 15.2 Å². The maximum Gasteiger partial charge on any atom is 0.0744 e. The molecule has 0 fully saturated rings. The summed E-state index contributed by atoms with van der Waals surface area (Å²) in [7, 11) is 1.66. The van der Waals surface area contributed by atoms with E-state index in [0.717, 1.165) is 6.54 Å². The van der Waals surface area contributed by atoms with Gasteiger partial charge in [0.2, 0.25) is 0 Å². The second kappa shape index (κ2) is 5.61. The molecule has 0 saturated carbocycles. The van der Waals surface area contributed by atoms with E-state index in [-0.39, 0.29) is 12.7 Å². The van der Waals surface area contributed by atoms with Crippen LogP contribution in [0.15, 0.2) is 17.5 Å². The minimum atomic E-state index is -0.390. The van der Waals surface area contributed by atoms with E-state index in [1.165, 1.54) is 4.88 Å². The summed E-state index contributed by atoms with van der Waals surface area (Å²) in [6, 6.07) is 4.10. The van der Waals surface area contributed by atoms with E-state index in [1.54, 1.807) is 18.4 Å². The molecule has 1 rings (SSSR count). The normalized spacial score (nSPS) is 17.3. The summed E-state index contributed by atoms with van der Waals surface area (Å²) < 4.78 is 5.26. The predicted octanol–water partition coefficient (Wildman–Crippen LogP) is 1.62. The molecule has 0 bridgehead atoms. The number of aliphatic hydroxyl groups excluding tert-OH is 1. The topological polar surface area (TPSA) is 41.5 Å². The van der Waals surface area contributed by atoms with Crippen LogP contribution in [0.3, 0.4) is 0 Å². The van der Waals surface area contributed by atoms with Crippen LogP contribution in [-0.2, 0) is 11.3 Å². The van der Waals surface area contributed by atoms with Crippen LogP contribution in [0, 0.1) is 0 Å². The van der Waals surface area contributed by atoms with Crippen LogP contribution in [0.2, 0.25) is 0 Å². The fourth-order valence-electron chi connectivity index (χ4n) is 1.29. The Morgan fingerprint density at radius 3 is 2.87 bits per heavy atom. The Morgan fingerprint density at radius 1 is 1.67 bits per heavy atom. The molecule has 15 heavy (non-hydrogen) atoms. The van der Waals surface area contributed by atoms with Crippen LogP contribution in [-0.4, -0.2) is 30.5 Å². The third kappa shape index (κ3) is 3.28. The van der Waals surface area contributed by atoms with Gasteiger partial charge in [-0.05, 0) is 25.3 Å². The summed E-state index contributed by atoms with van der Waals surface area (Å²) in [4.78, 5) is 1.26. The molecule has 0 saturated heterocycles. The summed E-state index contributed by atoms with van der Waals surface area (Å²) in [6.07, 6.45) is -0.0255. The Balaban J connectivity index is 2.53. The van der Waals surface area contributed by atoms with Gasteiger partial charge in [-0.25, -0.2) is 0 Å². The second-order valence-corrected chi connectivity index (χ2v) is 4.92. The fraction of sp³-hybridized carbons (Fsp3) is 0.636. The molecule has 0 amide bonds. The van der Waals surface area contributed by atoms with Gasteiger partial charge in [0.15, 0.2) is 0 Å².